The second-order valence-corrected chi connectivity index (χ2v) is 5.64. The van der Waals surface area contributed by atoms with Crippen LogP contribution in [0.4, 0.5) is 0 Å². The first-order valence-electron chi connectivity index (χ1n) is 7.28. The molecule has 0 spiro atoms. The van der Waals surface area contributed by atoms with Gasteiger partial charge in [-0.25, -0.2) is 0 Å². The SMILES string of the molecule is COC(CN)CC(=O)N1CCCC1C1CCCC1.Cl. The average Bonchev–Trinajstić information content (AvgIpc) is 3.04. The van der Waals surface area contributed by atoms with Crippen molar-refractivity contribution in [2.24, 2.45) is 11.7 Å². The molecule has 2 aliphatic rings. The third-order valence-electron chi connectivity index (χ3n) is 4.56. The monoisotopic (exact) mass is 290 g/mol. The highest BCUT2D eigenvalue weighted by Gasteiger charge is 2.36. The number of likely N-dealkylation sites (tertiary alicyclic amines) is 1. The molecule has 1 aliphatic carbocycles. The minimum Gasteiger partial charge on any atom is -0.380 e. The summed E-state index contributed by atoms with van der Waals surface area (Å²) in [5.74, 6) is 0.983. The van der Waals surface area contributed by atoms with Crippen molar-refractivity contribution in [3.05, 3.63) is 0 Å². The van der Waals surface area contributed by atoms with Gasteiger partial charge in [-0.2, -0.15) is 0 Å². The Morgan fingerprint density at radius 3 is 2.58 bits per heavy atom. The van der Waals surface area contributed by atoms with E-state index in [1.165, 1.54) is 32.1 Å². The number of ether oxygens (including phenoxy) is 1. The van der Waals surface area contributed by atoms with Gasteiger partial charge in [-0.05, 0) is 31.6 Å². The molecule has 2 N–H and O–H groups in total. The van der Waals surface area contributed by atoms with Crippen LogP contribution >= 0.6 is 12.4 Å². The maximum absolute atomic E-state index is 12.3. The Bertz CT molecular complexity index is 279. The van der Waals surface area contributed by atoms with Crippen molar-refractivity contribution in [3.8, 4) is 0 Å². The molecule has 0 aromatic heterocycles. The Morgan fingerprint density at radius 1 is 1.32 bits per heavy atom. The molecule has 0 aromatic rings. The van der Waals surface area contributed by atoms with Crippen LogP contribution in [0.1, 0.15) is 44.9 Å². The molecule has 1 amide bonds. The Hall–Kier alpha value is -0.320. The largest absolute Gasteiger partial charge is 0.380 e. The van der Waals surface area contributed by atoms with Gasteiger partial charge < -0.3 is 15.4 Å². The molecular formula is C14H27ClN2O2. The van der Waals surface area contributed by atoms with Crippen molar-refractivity contribution in [2.45, 2.75) is 57.1 Å². The summed E-state index contributed by atoms with van der Waals surface area (Å²) in [4.78, 5) is 14.4. The summed E-state index contributed by atoms with van der Waals surface area (Å²) in [5.41, 5.74) is 5.59. The molecule has 2 rings (SSSR count). The summed E-state index contributed by atoms with van der Waals surface area (Å²) < 4.78 is 5.22. The lowest BCUT2D eigenvalue weighted by Crippen LogP contribution is -2.41. The summed E-state index contributed by atoms with van der Waals surface area (Å²) >= 11 is 0. The molecule has 1 saturated heterocycles. The van der Waals surface area contributed by atoms with E-state index in [1.54, 1.807) is 7.11 Å². The van der Waals surface area contributed by atoms with E-state index in [9.17, 15) is 4.79 Å². The van der Waals surface area contributed by atoms with Crippen molar-refractivity contribution in [1.82, 2.24) is 4.90 Å². The van der Waals surface area contributed by atoms with E-state index in [0.717, 1.165) is 18.9 Å². The number of carbonyl (C=O) groups is 1. The highest BCUT2D eigenvalue weighted by atomic mass is 35.5. The minimum atomic E-state index is -0.123. The fourth-order valence-corrected chi connectivity index (χ4v) is 3.51. The molecule has 19 heavy (non-hydrogen) atoms. The zero-order valence-electron chi connectivity index (χ0n) is 11.8. The molecule has 0 radical (unpaired) electrons. The van der Waals surface area contributed by atoms with Gasteiger partial charge in [-0.3, -0.25) is 4.79 Å². The van der Waals surface area contributed by atoms with Gasteiger partial charge in [-0.1, -0.05) is 12.8 Å². The first kappa shape index (κ1) is 16.7. The van der Waals surface area contributed by atoms with Gasteiger partial charge >= 0.3 is 0 Å². The quantitative estimate of drug-likeness (QED) is 0.842. The highest BCUT2D eigenvalue weighted by Crippen LogP contribution is 2.35. The van der Waals surface area contributed by atoms with E-state index in [4.69, 9.17) is 10.5 Å². The van der Waals surface area contributed by atoms with Crippen LogP contribution < -0.4 is 5.73 Å². The molecule has 112 valence electrons. The van der Waals surface area contributed by atoms with Crippen LogP contribution in [-0.4, -0.2) is 43.2 Å². The number of carbonyl (C=O) groups excluding carboxylic acids is 1. The first-order chi connectivity index (χ1) is 8.76. The lowest BCUT2D eigenvalue weighted by atomic mass is 9.96. The van der Waals surface area contributed by atoms with E-state index in [1.807, 2.05) is 0 Å². The molecule has 0 aromatic carbocycles. The fraction of sp³-hybridized carbons (Fsp3) is 0.929. The van der Waals surface area contributed by atoms with E-state index >= 15 is 0 Å². The van der Waals surface area contributed by atoms with Gasteiger partial charge in [0, 0.05) is 26.2 Å². The molecule has 2 fully saturated rings. The van der Waals surface area contributed by atoms with Crippen molar-refractivity contribution in [1.29, 1.82) is 0 Å². The summed E-state index contributed by atoms with van der Waals surface area (Å²) in [7, 11) is 1.63. The Morgan fingerprint density at radius 2 is 2.00 bits per heavy atom. The van der Waals surface area contributed by atoms with Crippen LogP contribution in [0.3, 0.4) is 0 Å². The number of hydrogen-bond donors (Lipinski definition) is 1. The van der Waals surface area contributed by atoms with Crippen molar-refractivity contribution in [3.63, 3.8) is 0 Å². The number of hydrogen-bond acceptors (Lipinski definition) is 3. The Balaban J connectivity index is 0.00000180. The molecular weight excluding hydrogens is 264 g/mol. The molecule has 4 nitrogen and oxygen atoms in total. The standard InChI is InChI=1S/C14H26N2O2.ClH/c1-18-12(10-15)9-14(17)16-8-4-7-13(16)11-5-2-3-6-11;/h11-13H,2-10,15H2,1H3;1H. The van der Waals surface area contributed by atoms with Crippen LogP contribution in [0.15, 0.2) is 0 Å². The number of methoxy groups -OCH3 is 1. The third kappa shape index (κ3) is 4.07. The number of amides is 1. The number of rotatable bonds is 5. The summed E-state index contributed by atoms with van der Waals surface area (Å²) in [6.07, 6.45) is 7.96. The zero-order valence-corrected chi connectivity index (χ0v) is 12.7. The topological polar surface area (TPSA) is 55.6 Å². The van der Waals surface area contributed by atoms with E-state index in [2.05, 4.69) is 4.90 Å². The van der Waals surface area contributed by atoms with E-state index in [0.29, 0.717) is 19.0 Å². The van der Waals surface area contributed by atoms with Gasteiger partial charge in [0.25, 0.3) is 0 Å². The Kier molecular flexibility index (Phi) is 7.11. The van der Waals surface area contributed by atoms with Crippen LogP contribution in [-0.2, 0) is 9.53 Å². The van der Waals surface area contributed by atoms with Crippen LogP contribution in [0.5, 0.6) is 0 Å². The molecule has 1 saturated carbocycles. The van der Waals surface area contributed by atoms with Crippen LogP contribution in [0, 0.1) is 5.92 Å². The third-order valence-corrected chi connectivity index (χ3v) is 4.56. The van der Waals surface area contributed by atoms with Crippen molar-refractivity contribution in [2.75, 3.05) is 20.2 Å². The minimum absolute atomic E-state index is 0. The molecule has 1 heterocycles. The number of nitrogens with zero attached hydrogens (tertiary/aromatic N) is 1. The predicted molar refractivity (Wildman–Crippen MR) is 78.4 cm³/mol. The maximum atomic E-state index is 12.3. The molecule has 2 unspecified atom stereocenters. The van der Waals surface area contributed by atoms with Crippen molar-refractivity contribution < 1.29 is 9.53 Å². The highest BCUT2D eigenvalue weighted by molar-refractivity contribution is 5.85. The Labute approximate surface area is 122 Å². The van der Waals surface area contributed by atoms with Gasteiger partial charge in [0.15, 0.2) is 0 Å². The maximum Gasteiger partial charge on any atom is 0.225 e. The lowest BCUT2D eigenvalue weighted by molar-refractivity contribution is -0.135. The second-order valence-electron chi connectivity index (χ2n) is 5.64. The average molecular weight is 291 g/mol. The summed E-state index contributed by atoms with van der Waals surface area (Å²) in [6, 6.07) is 0.496. The number of halogens is 1. The van der Waals surface area contributed by atoms with Gasteiger partial charge in [0.2, 0.25) is 5.91 Å². The summed E-state index contributed by atoms with van der Waals surface area (Å²) in [5, 5.41) is 0. The zero-order chi connectivity index (χ0) is 13.0. The van der Waals surface area contributed by atoms with E-state index < -0.39 is 0 Å². The van der Waals surface area contributed by atoms with Gasteiger partial charge in [0.1, 0.15) is 0 Å². The van der Waals surface area contributed by atoms with Gasteiger partial charge in [-0.15, -0.1) is 12.4 Å². The number of nitrogens with two attached hydrogens (primary N) is 1. The lowest BCUT2D eigenvalue weighted by Gasteiger charge is -2.30. The predicted octanol–water partition coefficient (Wildman–Crippen LogP) is 1.95. The molecule has 1 aliphatic heterocycles. The molecule has 5 heteroatoms. The first-order valence-corrected chi connectivity index (χ1v) is 7.28. The van der Waals surface area contributed by atoms with Gasteiger partial charge in [0.05, 0.1) is 12.5 Å². The fourth-order valence-electron chi connectivity index (χ4n) is 3.51. The molecule has 2 atom stereocenters. The summed E-state index contributed by atoms with van der Waals surface area (Å²) in [6.45, 7) is 1.35. The van der Waals surface area contributed by atoms with E-state index in [-0.39, 0.29) is 24.4 Å². The van der Waals surface area contributed by atoms with Crippen molar-refractivity contribution >= 4 is 18.3 Å². The van der Waals surface area contributed by atoms with Crippen LogP contribution in [0.25, 0.3) is 0 Å². The normalized spacial score (nSPS) is 25.4. The molecule has 0 bridgehead atoms. The van der Waals surface area contributed by atoms with Crippen LogP contribution in [0.2, 0.25) is 0 Å². The second kappa shape index (κ2) is 8.08. The smallest absolute Gasteiger partial charge is 0.225 e.